The minimum Gasteiger partial charge on any atom is -0.457 e. The van der Waals surface area contributed by atoms with Gasteiger partial charge in [-0.1, -0.05) is 36.8 Å². The van der Waals surface area contributed by atoms with E-state index in [1.807, 2.05) is 59.3 Å². The van der Waals surface area contributed by atoms with Crippen LogP contribution < -0.4 is 10.5 Å². The molecule has 6 nitrogen and oxygen atoms in total. The van der Waals surface area contributed by atoms with Crippen molar-refractivity contribution in [3.63, 3.8) is 0 Å². The van der Waals surface area contributed by atoms with Gasteiger partial charge < -0.3 is 10.5 Å². The van der Waals surface area contributed by atoms with E-state index >= 15 is 0 Å². The second kappa shape index (κ2) is 7.63. The molecule has 0 amide bonds. The Labute approximate surface area is 175 Å². The number of nitrogens with zero attached hydrogens (tertiary/aromatic N) is 4. The number of fused-ring (bicyclic) bond motifs is 1. The normalized spacial score (nSPS) is 15.8. The Kier molecular flexibility index (Phi) is 4.67. The van der Waals surface area contributed by atoms with Crippen molar-refractivity contribution < 1.29 is 4.74 Å². The lowest BCUT2D eigenvalue weighted by atomic mass is 9.86. The van der Waals surface area contributed by atoms with Crippen LogP contribution in [0.4, 0.5) is 5.82 Å². The SMILES string of the molecule is CCC=C1CC(n2nc(-c3ccc(Oc4ccccc4)cc3)c3c(N)ncnc32)C1. The van der Waals surface area contributed by atoms with Gasteiger partial charge in [-0.3, -0.25) is 0 Å². The Balaban J connectivity index is 1.49. The number of ether oxygens (including phenoxy) is 1. The van der Waals surface area contributed by atoms with E-state index in [2.05, 4.69) is 23.0 Å². The van der Waals surface area contributed by atoms with E-state index in [1.54, 1.807) is 0 Å². The summed E-state index contributed by atoms with van der Waals surface area (Å²) in [5.74, 6) is 2.03. The number of nitrogens with two attached hydrogens (primary N) is 1. The highest BCUT2D eigenvalue weighted by molar-refractivity contribution is 5.98. The Bertz CT molecular complexity index is 1200. The number of anilines is 1. The minimum atomic E-state index is 0.314. The number of rotatable bonds is 5. The van der Waals surface area contributed by atoms with Crippen molar-refractivity contribution in [3.05, 3.63) is 72.6 Å². The van der Waals surface area contributed by atoms with Crippen LogP contribution in [0.2, 0.25) is 0 Å². The molecular weight excluding hydrogens is 374 g/mol. The van der Waals surface area contributed by atoms with Crippen LogP contribution in [0.1, 0.15) is 32.2 Å². The number of hydrogen-bond acceptors (Lipinski definition) is 5. The molecule has 2 N–H and O–H groups in total. The zero-order valence-electron chi connectivity index (χ0n) is 16.8. The van der Waals surface area contributed by atoms with E-state index in [0.717, 1.165) is 53.1 Å². The maximum Gasteiger partial charge on any atom is 0.164 e. The van der Waals surface area contributed by atoms with Gasteiger partial charge in [0, 0.05) is 5.56 Å². The quantitative estimate of drug-likeness (QED) is 0.447. The van der Waals surface area contributed by atoms with Crippen LogP contribution in [-0.4, -0.2) is 19.7 Å². The maximum atomic E-state index is 6.23. The fourth-order valence-electron chi connectivity index (χ4n) is 3.93. The highest BCUT2D eigenvalue weighted by Crippen LogP contribution is 2.41. The first-order chi connectivity index (χ1) is 14.7. The van der Waals surface area contributed by atoms with Crippen molar-refractivity contribution in [2.75, 3.05) is 5.73 Å². The number of benzene rings is 2. The third kappa shape index (κ3) is 3.30. The molecule has 0 saturated heterocycles. The predicted octanol–water partition coefficient (Wildman–Crippen LogP) is 5.54. The van der Waals surface area contributed by atoms with Gasteiger partial charge in [0.05, 0.1) is 11.4 Å². The van der Waals surface area contributed by atoms with Gasteiger partial charge in [0.2, 0.25) is 0 Å². The smallest absolute Gasteiger partial charge is 0.164 e. The molecule has 0 unspecified atom stereocenters. The lowest BCUT2D eigenvalue weighted by Crippen LogP contribution is -2.21. The van der Waals surface area contributed by atoms with Crippen molar-refractivity contribution in [1.29, 1.82) is 0 Å². The summed E-state index contributed by atoms with van der Waals surface area (Å²) in [5.41, 5.74) is 10.3. The Hall–Kier alpha value is -3.67. The largest absolute Gasteiger partial charge is 0.457 e. The van der Waals surface area contributed by atoms with E-state index < -0.39 is 0 Å². The van der Waals surface area contributed by atoms with E-state index in [9.17, 15) is 0 Å². The summed E-state index contributed by atoms with van der Waals surface area (Å²) in [7, 11) is 0. The molecule has 2 aromatic heterocycles. The summed E-state index contributed by atoms with van der Waals surface area (Å²) in [5, 5.41) is 5.72. The summed E-state index contributed by atoms with van der Waals surface area (Å²) in [6, 6.07) is 17.9. The molecule has 4 aromatic rings. The molecule has 150 valence electrons. The highest BCUT2D eigenvalue weighted by atomic mass is 16.5. The Morgan fingerprint density at radius 1 is 1.03 bits per heavy atom. The average molecular weight is 397 g/mol. The fraction of sp³-hybridized carbons (Fsp3) is 0.208. The van der Waals surface area contributed by atoms with Crippen LogP contribution in [0.15, 0.2) is 72.6 Å². The molecule has 6 heteroatoms. The van der Waals surface area contributed by atoms with E-state index in [0.29, 0.717) is 11.9 Å². The Morgan fingerprint density at radius 3 is 2.50 bits per heavy atom. The molecule has 0 spiro atoms. The molecule has 0 atom stereocenters. The number of allylic oxidation sites excluding steroid dienone is 2. The van der Waals surface area contributed by atoms with Gasteiger partial charge in [0.1, 0.15) is 29.3 Å². The zero-order valence-corrected chi connectivity index (χ0v) is 16.8. The topological polar surface area (TPSA) is 78.9 Å². The van der Waals surface area contributed by atoms with Crippen molar-refractivity contribution in [2.24, 2.45) is 0 Å². The minimum absolute atomic E-state index is 0.314. The van der Waals surface area contributed by atoms with Gasteiger partial charge in [-0.05, 0) is 55.7 Å². The van der Waals surface area contributed by atoms with Gasteiger partial charge in [-0.25, -0.2) is 14.6 Å². The predicted molar refractivity (Wildman–Crippen MR) is 118 cm³/mol. The zero-order chi connectivity index (χ0) is 20.5. The summed E-state index contributed by atoms with van der Waals surface area (Å²) in [6.07, 6.45) is 6.91. The summed E-state index contributed by atoms with van der Waals surface area (Å²) >= 11 is 0. The molecule has 30 heavy (non-hydrogen) atoms. The molecule has 1 saturated carbocycles. The number of para-hydroxylation sites is 1. The molecule has 0 radical (unpaired) electrons. The molecule has 2 heterocycles. The molecule has 2 aromatic carbocycles. The molecule has 1 fully saturated rings. The molecular formula is C24H23N5O. The van der Waals surface area contributed by atoms with Crippen molar-refractivity contribution in [3.8, 4) is 22.8 Å². The van der Waals surface area contributed by atoms with Crippen molar-refractivity contribution >= 4 is 16.9 Å². The summed E-state index contributed by atoms with van der Waals surface area (Å²) < 4.78 is 7.92. The van der Waals surface area contributed by atoms with E-state index in [4.69, 9.17) is 15.6 Å². The van der Waals surface area contributed by atoms with Crippen LogP contribution in [0.3, 0.4) is 0 Å². The van der Waals surface area contributed by atoms with Crippen molar-refractivity contribution in [1.82, 2.24) is 19.7 Å². The van der Waals surface area contributed by atoms with Crippen LogP contribution >= 0.6 is 0 Å². The first-order valence-electron chi connectivity index (χ1n) is 10.2. The third-order valence-corrected chi connectivity index (χ3v) is 5.46. The van der Waals surface area contributed by atoms with Crippen LogP contribution in [0.25, 0.3) is 22.3 Å². The van der Waals surface area contributed by atoms with Gasteiger partial charge >= 0.3 is 0 Å². The van der Waals surface area contributed by atoms with E-state index in [-0.39, 0.29) is 0 Å². The van der Waals surface area contributed by atoms with Gasteiger partial charge in [0.25, 0.3) is 0 Å². The molecule has 1 aliphatic rings. The number of nitrogen functional groups attached to an aromatic ring is 1. The fourth-order valence-corrected chi connectivity index (χ4v) is 3.93. The standard InChI is InChI=1S/C24H23N5O/c1-2-6-16-13-18(14-16)29-24-21(23(25)26-15-27-24)22(28-29)17-9-11-20(12-10-17)30-19-7-4-3-5-8-19/h3-12,15,18H,2,13-14H2,1H3,(H2,25,26,27). The van der Waals surface area contributed by atoms with Crippen LogP contribution in [0.5, 0.6) is 11.5 Å². The lowest BCUT2D eigenvalue weighted by Gasteiger charge is -2.29. The molecule has 0 aliphatic heterocycles. The molecule has 0 bridgehead atoms. The summed E-state index contributed by atoms with van der Waals surface area (Å²) in [4.78, 5) is 8.71. The van der Waals surface area contributed by atoms with Crippen LogP contribution in [-0.2, 0) is 0 Å². The number of hydrogen-bond donors (Lipinski definition) is 1. The molecule has 5 rings (SSSR count). The lowest BCUT2D eigenvalue weighted by molar-refractivity contribution is 0.379. The highest BCUT2D eigenvalue weighted by Gasteiger charge is 2.29. The second-order valence-corrected chi connectivity index (χ2v) is 7.52. The Morgan fingerprint density at radius 2 is 1.77 bits per heavy atom. The first kappa shape index (κ1) is 18.4. The molecule has 1 aliphatic carbocycles. The maximum absolute atomic E-state index is 6.23. The van der Waals surface area contributed by atoms with Gasteiger partial charge in [0.15, 0.2) is 5.65 Å². The first-order valence-corrected chi connectivity index (χ1v) is 10.2. The van der Waals surface area contributed by atoms with Gasteiger partial charge in [-0.15, -0.1) is 0 Å². The van der Waals surface area contributed by atoms with Gasteiger partial charge in [-0.2, -0.15) is 5.10 Å². The monoisotopic (exact) mass is 397 g/mol. The van der Waals surface area contributed by atoms with Crippen molar-refractivity contribution in [2.45, 2.75) is 32.2 Å². The summed E-state index contributed by atoms with van der Waals surface area (Å²) in [6.45, 7) is 2.17. The average Bonchev–Trinajstić information content (AvgIpc) is 3.12. The van der Waals surface area contributed by atoms with E-state index in [1.165, 1.54) is 11.9 Å². The second-order valence-electron chi connectivity index (χ2n) is 7.52. The third-order valence-electron chi connectivity index (χ3n) is 5.46. The van der Waals surface area contributed by atoms with Crippen LogP contribution in [0, 0.1) is 0 Å². The number of aromatic nitrogens is 4.